The smallest absolute Gasteiger partial charge is 0.122 e. The average Bonchev–Trinajstić information content (AvgIpc) is 3.11. The predicted octanol–water partition coefficient (Wildman–Crippen LogP) is 4.55. The number of nitrogens with one attached hydrogen (secondary N) is 1. The largest absolute Gasteiger partial charge is 0.468 e. The Kier molecular flexibility index (Phi) is 5.37. The van der Waals surface area contributed by atoms with Crippen LogP contribution in [-0.4, -0.2) is 24.5 Å². The number of piperidine rings is 1. The Morgan fingerprint density at radius 3 is 2.78 bits per heavy atom. The second-order valence-corrected chi connectivity index (χ2v) is 6.73. The van der Waals surface area contributed by atoms with Gasteiger partial charge in [-0.1, -0.05) is 22.4 Å². The molecular weight excluding hydrogens is 354 g/mol. The first kappa shape index (κ1) is 16.1. The maximum atomic E-state index is 9.30. The summed E-state index contributed by atoms with van der Waals surface area (Å²) in [6.07, 6.45) is 5.50. The Hall–Kier alpha value is -1.77. The van der Waals surface area contributed by atoms with Crippen molar-refractivity contribution in [3.05, 3.63) is 52.4 Å². The standard InChI is InChI=1S/C18H20BrN3O/c19-15-6-7-16(14(11-15)12-20)21-13-17(18-5-4-10-23-18)22-8-2-1-3-9-22/h4-7,10-11,17,21H,1-3,8-9,13H2/t17-/m1/s1. The van der Waals surface area contributed by atoms with Crippen LogP contribution in [0.15, 0.2) is 45.5 Å². The van der Waals surface area contributed by atoms with E-state index in [0.29, 0.717) is 5.56 Å². The third kappa shape index (κ3) is 3.95. The zero-order valence-corrected chi connectivity index (χ0v) is 14.6. The molecule has 5 heteroatoms. The number of halogens is 1. The molecule has 2 aromatic rings. The predicted molar refractivity (Wildman–Crippen MR) is 94.2 cm³/mol. The molecule has 0 unspecified atom stereocenters. The summed E-state index contributed by atoms with van der Waals surface area (Å²) >= 11 is 3.41. The molecule has 2 heterocycles. The van der Waals surface area contributed by atoms with Crippen molar-refractivity contribution in [3.63, 3.8) is 0 Å². The molecule has 1 aromatic carbocycles. The second-order valence-electron chi connectivity index (χ2n) is 5.81. The molecule has 0 bridgehead atoms. The molecule has 1 aliphatic rings. The van der Waals surface area contributed by atoms with Crippen LogP contribution in [0.5, 0.6) is 0 Å². The molecular formula is C18H20BrN3O. The van der Waals surface area contributed by atoms with Crippen LogP contribution in [0, 0.1) is 11.3 Å². The highest BCUT2D eigenvalue weighted by Crippen LogP contribution is 2.27. The van der Waals surface area contributed by atoms with Crippen molar-refractivity contribution >= 4 is 21.6 Å². The van der Waals surface area contributed by atoms with E-state index in [4.69, 9.17) is 4.42 Å². The van der Waals surface area contributed by atoms with Crippen molar-refractivity contribution in [1.29, 1.82) is 5.26 Å². The summed E-state index contributed by atoms with van der Waals surface area (Å²) < 4.78 is 6.57. The fraction of sp³-hybridized carbons (Fsp3) is 0.389. The number of nitriles is 1. The number of rotatable bonds is 5. The van der Waals surface area contributed by atoms with Gasteiger partial charge in [0.2, 0.25) is 0 Å². The average molecular weight is 374 g/mol. The van der Waals surface area contributed by atoms with Gasteiger partial charge in [0.25, 0.3) is 0 Å². The van der Waals surface area contributed by atoms with Crippen molar-refractivity contribution in [2.75, 3.05) is 25.0 Å². The highest BCUT2D eigenvalue weighted by Gasteiger charge is 2.24. The lowest BCUT2D eigenvalue weighted by Gasteiger charge is -2.33. The molecule has 0 aliphatic carbocycles. The molecule has 4 nitrogen and oxygen atoms in total. The van der Waals surface area contributed by atoms with Gasteiger partial charge < -0.3 is 9.73 Å². The van der Waals surface area contributed by atoms with Crippen LogP contribution in [0.2, 0.25) is 0 Å². The van der Waals surface area contributed by atoms with Crippen molar-refractivity contribution in [1.82, 2.24) is 4.90 Å². The summed E-state index contributed by atoms with van der Waals surface area (Å²) in [5.74, 6) is 0.981. The Labute approximate surface area is 145 Å². The van der Waals surface area contributed by atoms with E-state index in [1.165, 1.54) is 19.3 Å². The lowest BCUT2D eigenvalue weighted by Crippen LogP contribution is -2.37. The number of nitrogens with zero attached hydrogens (tertiary/aromatic N) is 2. The van der Waals surface area contributed by atoms with Gasteiger partial charge in [-0.15, -0.1) is 0 Å². The normalized spacial score (nSPS) is 16.7. The van der Waals surface area contributed by atoms with Crippen LogP contribution < -0.4 is 5.32 Å². The van der Waals surface area contributed by atoms with Gasteiger partial charge in [0.15, 0.2) is 0 Å². The topological polar surface area (TPSA) is 52.2 Å². The summed E-state index contributed by atoms with van der Waals surface area (Å²) in [5, 5.41) is 12.7. The number of likely N-dealkylation sites (tertiary alicyclic amines) is 1. The van der Waals surface area contributed by atoms with Crippen LogP contribution in [0.4, 0.5) is 5.69 Å². The molecule has 0 amide bonds. The number of furan rings is 1. The van der Waals surface area contributed by atoms with Gasteiger partial charge in [-0.2, -0.15) is 5.26 Å². The Balaban J connectivity index is 1.75. The first-order chi connectivity index (χ1) is 11.3. The molecule has 0 radical (unpaired) electrons. The van der Waals surface area contributed by atoms with Crippen molar-refractivity contribution in [2.24, 2.45) is 0 Å². The minimum absolute atomic E-state index is 0.195. The molecule has 3 rings (SSSR count). The quantitative estimate of drug-likeness (QED) is 0.834. The van der Waals surface area contributed by atoms with E-state index < -0.39 is 0 Å². The molecule has 1 atom stereocenters. The SMILES string of the molecule is N#Cc1cc(Br)ccc1NC[C@H](c1ccco1)N1CCCCC1. The Morgan fingerprint density at radius 1 is 1.26 bits per heavy atom. The minimum Gasteiger partial charge on any atom is -0.468 e. The van der Waals surface area contributed by atoms with Gasteiger partial charge in [0, 0.05) is 11.0 Å². The number of hydrogen-bond acceptors (Lipinski definition) is 4. The molecule has 1 saturated heterocycles. The fourth-order valence-corrected chi connectivity index (χ4v) is 3.45. The lowest BCUT2D eigenvalue weighted by molar-refractivity contribution is 0.153. The zero-order valence-electron chi connectivity index (χ0n) is 13.0. The van der Waals surface area contributed by atoms with Gasteiger partial charge in [-0.05, 0) is 56.3 Å². The minimum atomic E-state index is 0.195. The van der Waals surface area contributed by atoms with Crippen molar-refractivity contribution in [2.45, 2.75) is 25.3 Å². The van der Waals surface area contributed by atoms with E-state index >= 15 is 0 Å². The van der Waals surface area contributed by atoms with Gasteiger partial charge >= 0.3 is 0 Å². The highest BCUT2D eigenvalue weighted by atomic mass is 79.9. The van der Waals surface area contributed by atoms with E-state index in [1.807, 2.05) is 30.3 Å². The zero-order chi connectivity index (χ0) is 16.1. The highest BCUT2D eigenvalue weighted by molar-refractivity contribution is 9.10. The number of hydrogen-bond donors (Lipinski definition) is 1. The molecule has 1 fully saturated rings. The molecule has 1 aliphatic heterocycles. The molecule has 23 heavy (non-hydrogen) atoms. The molecule has 0 spiro atoms. The molecule has 1 N–H and O–H groups in total. The van der Waals surface area contributed by atoms with E-state index in [-0.39, 0.29) is 6.04 Å². The van der Waals surface area contributed by atoms with E-state index in [9.17, 15) is 5.26 Å². The van der Waals surface area contributed by atoms with Crippen molar-refractivity contribution in [3.8, 4) is 6.07 Å². The summed E-state index contributed by atoms with van der Waals surface area (Å²) in [4.78, 5) is 2.47. The third-order valence-corrected chi connectivity index (χ3v) is 4.78. The van der Waals surface area contributed by atoms with Gasteiger partial charge in [0.05, 0.1) is 23.6 Å². The first-order valence-electron chi connectivity index (χ1n) is 7.99. The maximum absolute atomic E-state index is 9.30. The van der Waals surface area contributed by atoms with Gasteiger partial charge in [-0.3, -0.25) is 4.90 Å². The third-order valence-electron chi connectivity index (χ3n) is 4.29. The first-order valence-corrected chi connectivity index (χ1v) is 8.78. The van der Waals surface area contributed by atoms with Gasteiger partial charge in [-0.25, -0.2) is 0 Å². The maximum Gasteiger partial charge on any atom is 0.122 e. The summed E-state index contributed by atoms with van der Waals surface area (Å²) in [5.41, 5.74) is 1.51. The fourth-order valence-electron chi connectivity index (χ4n) is 3.09. The van der Waals surface area contributed by atoms with Crippen LogP contribution in [0.1, 0.15) is 36.6 Å². The molecule has 1 aromatic heterocycles. The van der Waals surface area contributed by atoms with E-state index in [0.717, 1.165) is 35.6 Å². The van der Waals surface area contributed by atoms with Crippen molar-refractivity contribution < 1.29 is 4.42 Å². The lowest BCUT2D eigenvalue weighted by atomic mass is 10.1. The van der Waals surface area contributed by atoms with Gasteiger partial charge in [0.1, 0.15) is 11.8 Å². The summed E-state index contributed by atoms with van der Waals surface area (Å²) in [6, 6.07) is 12.1. The van der Waals surface area contributed by atoms with Crippen LogP contribution in [-0.2, 0) is 0 Å². The van der Waals surface area contributed by atoms with Crippen LogP contribution in [0.3, 0.4) is 0 Å². The monoisotopic (exact) mass is 373 g/mol. The number of anilines is 1. The molecule has 120 valence electrons. The molecule has 0 saturated carbocycles. The van der Waals surface area contributed by atoms with Crippen LogP contribution in [0.25, 0.3) is 0 Å². The summed E-state index contributed by atoms with van der Waals surface area (Å²) in [6.45, 7) is 2.92. The Morgan fingerprint density at radius 2 is 2.09 bits per heavy atom. The van der Waals surface area contributed by atoms with E-state index in [1.54, 1.807) is 6.26 Å². The van der Waals surface area contributed by atoms with E-state index in [2.05, 4.69) is 32.2 Å². The van der Waals surface area contributed by atoms with Crippen LogP contribution >= 0.6 is 15.9 Å². The number of benzene rings is 1. The Bertz CT molecular complexity index is 672. The summed E-state index contributed by atoms with van der Waals surface area (Å²) in [7, 11) is 0. The second kappa shape index (κ2) is 7.67.